The number of hydrogen-bond acceptors (Lipinski definition) is 3. The molecule has 1 aromatic carbocycles. The summed E-state index contributed by atoms with van der Waals surface area (Å²) in [5.41, 5.74) is 7.94. The van der Waals surface area contributed by atoms with E-state index in [4.69, 9.17) is 16.4 Å². The van der Waals surface area contributed by atoms with Crippen molar-refractivity contribution >= 4 is 11.4 Å². The van der Waals surface area contributed by atoms with Crippen LogP contribution in [0.1, 0.15) is 24.5 Å². The molecule has 3 nitrogen and oxygen atoms in total. The summed E-state index contributed by atoms with van der Waals surface area (Å²) >= 11 is 0. The molecule has 0 spiro atoms. The summed E-state index contributed by atoms with van der Waals surface area (Å²) < 4.78 is 0. The lowest BCUT2D eigenvalue weighted by molar-refractivity contribution is 1.24. The van der Waals surface area contributed by atoms with Crippen LogP contribution in [0.15, 0.2) is 18.2 Å². The lowest BCUT2D eigenvalue weighted by Gasteiger charge is -2.04. The fraction of sp³-hybridized carbons (Fsp3) is 0.200. The molecule has 0 heterocycles. The van der Waals surface area contributed by atoms with Crippen LogP contribution in [0, 0.1) is 16.7 Å². The maximum Gasteiger partial charge on any atom is 0.0992 e. The van der Waals surface area contributed by atoms with Gasteiger partial charge in [-0.25, -0.2) is 0 Å². The number of nitrogens with one attached hydrogen (secondary N) is 1. The van der Waals surface area contributed by atoms with Gasteiger partial charge in [0, 0.05) is 17.0 Å². The Morgan fingerprint density at radius 1 is 1.62 bits per heavy atom. The fourth-order valence-corrected chi connectivity index (χ4v) is 1.10. The molecule has 1 rings (SSSR count). The van der Waals surface area contributed by atoms with Crippen LogP contribution in [0.5, 0.6) is 0 Å². The van der Waals surface area contributed by atoms with E-state index in [2.05, 4.69) is 0 Å². The van der Waals surface area contributed by atoms with Crippen molar-refractivity contribution < 1.29 is 0 Å². The second-order valence-corrected chi connectivity index (χ2v) is 2.75. The number of benzene rings is 1. The number of nitriles is 1. The quantitative estimate of drug-likeness (QED) is 0.529. The lowest BCUT2D eigenvalue weighted by Crippen LogP contribution is -2.02. The Morgan fingerprint density at radius 2 is 2.31 bits per heavy atom. The summed E-state index contributed by atoms with van der Waals surface area (Å²) in [6, 6.07) is 7.00. The first-order valence-corrected chi connectivity index (χ1v) is 4.06. The Labute approximate surface area is 77.3 Å². The van der Waals surface area contributed by atoms with Gasteiger partial charge in [0.15, 0.2) is 0 Å². The molecule has 0 aromatic heterocycles. The number of nitrogen functional groups attached to an aromatic ring is 1. The summed E-state index contributed by atoms with van der Waals surface area (Å²) in [6.45, 7) is 1.90. The normalized spacial score (nSPS) is 9.23. The summed E-state index contributed by atoms with van der Waals surface area (Å²) in [5.74, 6) is 0. The van der Waals surface area contributed by atoms with E-state index in [1.807, 2.05) is 13.0 Å². The minimum Gasteiger partial charge on any atom is -0.398 e. The number of nitrogens with zero attached hydrogens (tertiary/aromatic N) is 1. The lowest BCUT2D eigenvalue weighted by atomic mass is 10.0. The zero-order chi connectivity index (χ0) is 9.84. The second kappa shape index (κ2) is 3.72. The Bertz CT molecular complexity index is 374. The third kappa shape index (κ3) is 1.85. The van der Waals surface area contributed by atoms with Crippen LogP contribution < -0.4 is 5.73 Å². The standard InChI is InChI=1S/C10H11N3/c1-2-9(12)8-4-3-7(6-11)5-10(8)13/h3-5,12H,2,13H2,1H3. The van der Waals surface area contributed by atoms with Gasteiger partial charge in [0.2, 0.25) is 0 Å². The fourth-order valence-electron chi connectivity index (χ4n) is 1.10. The first-order chi connectivity index (χ1) is 6.19. The van der Waals surface area contributed by atoms with Gasteiger partial charge in [-0.1, -0.05) is 6.92 Å². The highest BCUT2D eigenvalue weighted by Gasteiger charge is 2.03. The number of anilines is 1. The van der Waals surface area contributed by atoms with Crippen molar-refractivity contribution in [1.29, 1.82) is 10.7 Å². The molecule has 0 saturated carbocycles. The molecule has 3 heteroatoms. The van der Waals surface area contributed by atoms with Gasteiger partial charge in [0.05, 0.1) is 11.6 Å². The van der Waals surface area contributed by atoms with Crippen LogP contribution in [-0.4, -0.2) is 5.71 Å². The van der Waals surface area contributed by atoms with Gasteiger partial charge in [0.25, 0.3) is 0 Å². The van der Waals surface area contributed by atoms with Crippen LogP contribution in [0.4, 0.5) is 5.69 Å². The Kier molecular flexibility index (Phi) is 2.65. The molecule has 0 saturated heterocycles. The second-order valence-electron chi connectivity index (χ2n) is 2.75. The summed E-state index contributed by atoms with van der Waals surface area (Å²) in [5, 5.41) is 16.2. The van der Waals surface area contributed by atoms with E-state index < -0.39 is 0 Å². The molecule has 0 atom stereocenters. The number of rotatable bonds is 2. The topological polar surface area (TPSA) is 73.7 Å². The zero-order valence-electron chi connectivity index (χ0n) is 7.46. The van der Waals surface area contributed by atoms with E-state index >= 15 is 0 Å². The third-order valence-corrected chi connectivity index (χ3v) is 1.86. The minimum absolute atomic E-state index is 0.502. The van der Waals surface area contributed by atoms with Gasteiger partial charge >= 0.3 is 0 Å². The van der Waals surface area contributed by atoms with E-state index in [1.54, 1.807) is 18.2 Å². The highest BCUT2D eigenvalue weighted by Crippen LogP contribution is 2.15. The third-order valence-electron chi connectivity index (χ3n) is 1.86. The molecular weight excluding hydrogens is 162 g/mol. The number of hydrogen-bond donors (Lipinski definition) is 2. The molecule has 0 unspecified atom stereocenters. The van der Waals surface area contributed by atoms with Crippen molar-refractivity contribution in [2.75, 3.05) is 5.73 Å². The molecule has 0 aliphatic heterocycles. The maximum atomic E-state index is 8.59. The largest absolute Gasteiger partial charge is 0.398 e. The van der Waals surface area contributed by atoms with Crippen molar-refractivity contribution in [3.05, 3.63) is 29.3 Å². The van der Waals surface area contributed by atoms with Gasteiger partial charge in [-0.15, -0.1) is 0 Å². The van der Waals surface area contributed by atoms with Gasteiger partial charge in [0.1, 0.15) is 0 Å². The molecule has 3 N–H and O–H groups in total. The van der Waals surface area contributed by atoms with Crippen molar-refractivity contribution in [3.8, 4) is 6.07 Å². The van der Waals surface area contributed by atoms with Crippen LogP contribution in [0.3, 0.4) is 0 Å². The summed E-state index contributed by atoms with van der Waals surface area (Å²) in [4.78, 5) is 0. The molecular formula is C10H11N3. The van der Waals surface area contributed by atoms with Gasteiger partial charge in [-0.2, -0.15) is 5.26 Å². The van der Waals surface area contributed by atoms with E-state index in [0.717, 1.165) is 5.56 Å². The van der Waals surface area contributed by atoms with Gasteiger partial charge < -0.3 is 11.1 Å². The molecule has 0 amide bonds. The first-order valence-electron chi connectivity index (χ1n) is 4.06. The molecule has 1 aromatic rings. The molecule has 13 heavy (non-hydrogen) atoms. The summed E-state index contributed by atoms with van der Waals surface area (Å²) in [6.07, 6.45) is 0.649. The molecule has 66 valence electrons. The summed E-state index contributed by atoms with van der Waals surface area (Å²) in [7, 11) is 0. The van der Waals surface area contributed by atoms with E-state index in [1.165, 1.54) is 0 Å². The zero-order valence-corrected chi connectivity index (χ0v) is 7.46. The monoisotopic (exact) mass is 173 g/mol. The van der Waals surface area contributed by atoms with Crippen molar-refractivity contribution in [3.63, 3.8) is 0 Å². The van der Waals surface area contributed by atoms with Crippen LogP contribution in [0.2, 0.25) is 0 Å². The van der Waals surface area contributed by atoms with Crippen LogP contribution >= 0.6 is 0 Å². The smallest absolute Gasteiger partial charge is 0.0992 e. The van der Waals surface area contributed by atoms with Gasteiger partial charge in [-0.3, -0.25) is 0 Å². The van der Waals surface area contributed by atoms with Crippen LogP contribution in [0.25, 0.3) is 0 Å². The Hall–Kier alpha value is -1.82. The number of nitrogens with two attached hydrogens (primary N) is 1. The Morgan fingerprint density at radius 3 is 2.77 bits per heavy atom. The molecule has 0 radical (unpaired) electrons. The molecule has 0 bridgehead atoms. The van der Waals surface area contributed by atoms with Crippen molar-refractivity contribution in [2.45, 2.75) is 13.3 Å². The average Bonchev–Trinajstić information content (AvgIpc) is 2.16. The molecule has 0 aliphatic carbocycles. The van der Waals surface area contributed by atoms with E-state index in [-0.39, 0.29) is 0 Å². The highest BCUT2D eigenvalue weighted by molar-refractivity contribution is 6.02. The molecule has 0 fully saturated rings. The average molecular weight is 173 g/mol. The predicted octanol–water partition coefficient (Wildman–Crippen LogP) is 1.92. The first kappa shape index (κ1) is 9.27. The van der Waals surface area contributed by atoms with E-state index in [9.17, 15) is 0 Å². The maximum absolute atomic E-state index is 8.59. The Balaban J connectivity index is 3.14. The minimum atomic E-state index is 0.502. The molecule has 0 aliphatic rings. The van der Waals surface area contributed by atoms with Crippen molar-refractivity contribution in [1.82, 2.24) is 0 Å². The SMILES string of the molecule is CCC(=N)c1ccc(C#N)cc1N. The van der Waals surface area contributed by atoms with E-state index in [0.29, 0.717) is 23.4 Å². The van der Waals surface area contributed by atoms with Crippen molar-refractivity contribution in [2.24, 2.45) is 0 Å². The highest BCUT2D eigenvalue weighted by atomic mass is 14.6. The van der Waals surface area contributed by atoms with Crippen LogP contribution in [-0.2, 0) is 0 Å². The predicted molar refractivity (Wildman–Crippen MR) is 52.7 cm³/mol. The van der Waals surface area contributed by atoms with Gasteiger partial charge in [-0.05, 0) is 24.6 Å².